The molecule has 0 aromatic heterocycles. The van der Waals surface area contributed by atoms with Gasteiger partial charge in [-0.05, 0) is 49.9 Å². The number of fused-ring (bicyclic) bond motifs is 2. The van der Waals surface area contributed by atoms with Crippen LogP contribution in [0.5, 0.6) is 0 Å². The van der Waals surface area contributed by atoms with Crippen LogP contribution < -0.4 is 11.1 Å². The molecule has 5 atom stereocenters. The highest BCUT2D eigenvalue weighted by molar-refractivity contribution is 5.81. The van der Waals surface area contributed by atoms with Crippen LogP contribution in [-0.4, -0.2) is 29.1 Å². The third kappa shape index (κ3) is 2.48. The van der Waals surface area contributed by atoms with Gasteiger partial charge in [-0.2, -0.15) is 0 Å². The van der Waals surface area contributed by atoms with Crippen molar-refractivity contribution >= 4 is 11.9 Å². The van der Waals surface area contributed by atoms with Crippen molar-refractivity contribution in [1.82, 2.24) is 5.32 Å². The average molecular weight is 266 g/mol. The Kier molecular flexibility index (Phi) is 3.25. The number of carboxylic acid groups (broad SMARTS) is 1. The standard InChI is InChI=1S/C14H22N2O3/c15-13-9-4-3-8(5-9)12(13)14(19)16-10(6-11(17)18)7-1-2-7/h7-10,12-13H,1-6,15H2,(H,16,19)(H,17,18). The van der Waals surface area contributed by atoms with Gasteiger partial charge in [0.2, 0.25) is 5.91 Å². The molecule has 3 aliphatic carbocycles. The van der Waals surface area contributed by atoms with Crippen molar-refractivity contribution in [2.24, 2.45) is 29.4 Å². The second-order valence-corrected chi connectivity index (χ2v) is 6.49. The molecule has 3 rings (SSSR count). The fourth-order valence-corrected chi connectivity index (χ4v) is 4.03. The fourth-order valence-electron chi connectivity index (χ4n) is 4.03. The van der Waals surface area contributed by atoms with Crippen LogP contribution in [0, 0.1) is 23.7 Å². The van der Waals surface area contributed by atoms with E-state index in [1.54, 1.807) is 0 Å². The maximum Gasteiger partial charge on any atom is 0.305 e. The summed E-state index contributed by atoms with van der Waals surface area (Å²) in [6.45, 7) is 0. The summed E-state index contributed by atoms with van der Waals surface area (Å²) in [5.74, 6) is 0.347. The highest BCUT2D eigenvalue weighted by Crippen LogP contribution is 2.47. The van der Waals surface area contributed by atoms with E-state index in [0.717, 1.165) is 32.1 Å². The maximum absolute atomic E-state index is 12.4. The van der Waals surface area contributed by atoms with Gasteiger partial charge in [-0.3, -0.25) is 9.59 Å². The molecule has 3 saturated carbocycles. The Morgan fingerprint density at radius 3 is 2.42 bits per heavy atom. The molecule has 3 fully saturated rings. The third-order valence-corrected chi connectivity index (χ3v) is 5.20. The van der Waals surface area contributed by atoms with Crippen molar-refractivity contribution in [3.63, 3.8) is 0 Å². The number of hydrogen-bond donors (Lipinski definition) is 3. The Morgan fingerprint density at radius 2 is 1.89 bits per heavy atom. The van der Waals surface area contributed by atoms with Gasteiger partial charge in [0.1, 0.15) is 0 Å². The molecule has 19 heavy (non-hydrogen) atoms. The van der Waals surface area contributed by atoms with E-state index < -0.39 is 5.97 Å². The summed E-state index contributed by atoms with van der Waals surface area (Å²) in [7, 11) is 0. The van der Waals surface area contributed by atoms with E-state index in [2.05, 4.69) is 5.32 Å². The fraction of sp³-hybridized carbons (Fsp3) is 0.857. The first-order valence-electron chi connectivity index (χ1n) is 7.34. The Balaban J connectivity index is 1.62. The zero-order chi connectivity index (χ0) is 13.6. The first-order valence-corrected chi connectivity index (χ1v) is 7.34. The lowest BCUT2D eigenvalue weighted by Gasteiger charge is -2.29. The van der Waals surface area contributed by atoms with Gasteiger partial charge in [-0.25, -0.2) is 0 Å². The van der Waals surface area contributed by atoms with Gasteiger partial charge in [0.05, 0.1) is 12.3 Å². The number of nitrogens with two attached hydrogens (primary N) is 1. The minimum Gasteiger partial charge on any atom is -0.481 e. The Labute approximate surface area is 112 Å². The molecule has 1 amide bonds. The molecule has 5 unspecified atom stereocenters. The van der Waals surface area contributed by atoms with Gasteiger partial charge >= 0.3 is 5.97 Å². The lowest BCUT2D eigenvalue weighted by molar-refractivity contribution is -0.138. The van der Waals surface area contributed by atoms with Gasteiger partial charge in [0.15, 0.2) is 0 Å². The van der Waals surface area contributed by atoms with Crippen LogP contribution in [0.15, 0.2) is 0 Å². The van der Waals surface area contributed by atoms with Gasteiger partial charge in [-0.15, -0.1) is 0 Å². The predicted octanol–water partition coefficient (Wildman–Crippen LogP) is 0.729. The van der Waals surface area contributed by atoms with Crippen LogP contribution in [0.25, 0.3) is 0 Å². The summed E-state index contributed by atoms with van der Waals surface area (Å²) in [4.78, 5) is 23.2. The number of carbonyl (C=O) groups is 2. The lowest BCUT2D eigenvalue weighted by atomic mass is 9.84. The van der Waals surface area contributed by atoms with Crippen LogP contribution in [0.1, 0.15) is 38.5 Å². The van der Waals surface area contributed by atoms with Crippen molar-refractivity contribution in [2.75, 3.05) is 0 Å². The number of rotatable bonds is 5. The molecular formula is C14H22N2O3. The van der Waals surface area contributed by atoms with E-state index >= 15 is 0 Å². The SMILES string of the molecule is NC1C2CCC(C2)C1C(=O)NC(CC(=O)O)C1CC1. The highest BCUT2D eigenvalue weighted by atomic mass is 16.4. The van der Waals surface area contributed by atoms with Crippen LogP contribution in [0.4, 0.5) is 0 Å². The van der Waals surface area contributed by atoms with E-state index in [9.17, 15) is 9.59 Å². The van der Waals surface area contributed by atoms with Gasteiger partial charge < -0.3 is 16.2 Å². The molecule has 0 spiro atoms. The Hall–Kier alpha value is -1.10. The topological polar surface area (TPSA) is 92.4 Å². The first-order chi connectivity index (χ1) is 9.06. The number of aliphatic carboxylic acids is 1. The van der Waals surface area contributed by atoms with Crippen molar-refractivity contribution in [3.05, 3.63) is 0 Å². The van der Waals surface area contributed by atoms with Crippen molar-refractivity contribution < 1.29 is 14.7 Å². The zero-order valence-electron chi connectivity index (χ0n) is 11.0. The first kappa shape index (κ1) is 12.9. The van der Waals surface area contributed by atoms with E-state index in [-0.39, 0.29) is 30.3 Å². The van der Waals surface area contributed by atoms with E-state index in [1.807, 2.05) is 0 Å². The highest BCUT2D eigenvalue weighted by Gasteiger charge is 2.49. The lowest BCUT2D eigenvalue weighted by Crippen LogP contribution is -2.49. The summed E-state index contributed by atoms with van der Waals surface area (Å²) in [5.41, 5.74) is 6.16. The molecule has 106 valence electrons. The minimum absolute atomic E-state index is 0.00199. The molecule has 0 aromatic carbocycles. The summed E-state index contributed by atoms with van der Waals surface area (Å²) < 4.78 is 0. The molecule has 3 aliphatic rings. The largest absolute Gasteiger partial charge is 0.481 e. The summed E-state index contributed by atoms with van der Waals surface area (Å²) in [6, 6.07) is -0.222. The zero-order valence-corrected chi connectivity index (χ0v) is 11.0. The van der Waals surface area contributed by atoms with Crippen LogP contribution in [0.2, 0.25) is 0 Å². The van der Waals surface area contributed by atoms with Gasteiger partial charge in [0.25, 0.3) is 0 Å². The van der Waals surface area contributed by atoms with E-state index in [1.165, 1.54) is 0 Å². The smallest absolute Gasteiger partial charge is 0.305 e. The van der Waals surface area contributed by atoms with Crippen molar-refractivity contribution in [1.29, 1.82) is 0 Å². The van der Waals surface area contributed by atoms with Gasteiger partial charge in [0, 0.05) is 12.1 Å². The molecule has 5 heteroatoms. The van der Waals surface area contributed by atoms with Crippen molar-refractivity contribution in [2.45, 2.75) is 50.6 Å². The van der Waals surface area contributed by atoms with Crippen LogP contribution in [-0.2, 0) is 9.59 Å². The number of hydrogen-bond acceptors (Lipinski definition) is 3. The van der Waals surface area contributed by atoms with Crippen LogP contribution >= 0.6 is 0 Å². The predicted molar refractivity (Wildman–Crippen MR) is 69.2 cm³/mol. The molecule has 0 radical (unpaired) electrons. The monoisotopic (exact) mass is 266 g/mol. The summed E-state index contributed by atoms with van der Waals surface area (Å²) in [6.07, 6.45) is 5.42. The van der Waals surface area contributed by atoms with Gasteiger partial charge in [-0.1, -0.05) is 0 Å². The molecule has 0 saturated heterocycles. The van der Waals surface area contributed by atoms with Crippen LogP contribution in [0.3, 0.4) is 0 Å². The maximum atomic E-state index is 12.4. The molecular weight excluding hydrogens is 244 g/mol. The van der Waals surface area contributed by atoms with E-state index in [4.69, 9.17) is 10.8 Å². The molecule has 0 aliphatic heterocycles. The number of amides is 1. The number of nitrogens with one attached hydrogen (secondary N) is 1. The second kappa shape index (κ2) is 4.78. The quantitative estimate of drug-likeness (QED) is 0.684. The summed E-state index contributed by atoms with van der Waals surface area (Å²) in [5, 5.41) is 11.9. The second-order valence-electron chi connectivity index (χ2n) is 6.49. The number of carbonyl (C=O) groups excluding carboxylic acids is 1. The number of carboxylic acids is 1. The average Bonchev–Trinajstić information content (AvgIpc) is 3.00. The third-order valence-electron chi connectivity index (χ3n) is 5.20. The Bertz CT molecular complexity index is 392. The molecule has 4 N–H and O–H groups in total. The molecule has 0 heterocycles. The summed E-state index contributed by atoms with van der Waals surface area (Å²) >= 11 is 0. The molecule has 2 bridgehead atoms. The van der Waals surface area contributed by atoms with E-state index in [0.29, 0.717) is 17.8 Å². The molecule has 5 nitrogen and oxygen atoms in total. The minimum atomic E-state index is -0.838. The molecule has 0 aromatic rings. The Morgan fingerprint density at radius 1 is 1.21 bits per heavy atom. The van der Waals surface area contributed by atoms with Crippen molar-refractivity contribution in [3.8, 4) is 0 Å². The normalized spacial score (nSPS) is 38.2.